The molecule has 2 aliphatic rings. The van der Waals surface area contributed by atoms with E-state index in [1.165, 1.54) is 17.7 Å². The largest absolute Gasteiger partial charge is 0.352 e. The molecule has 4 nitrogen and oxygen atoms in total. The van der Waals surface area contributed by atoms with Crippen LogP contribution in [0.3, 0.4) is 0 Å². The molecule has 1 aromatic heterocycles. The van der Waals surface area contributed by atoms with E-state index in [0.29, 0.717) is 6.04 Å². The molecule has 1 saturated carbocycles. The molecule has 3 rings (SSSR count). The Bertz CT molecular complexity index is 476. The Morgan fingerprint density at radius 3 is 2.70 bits per heavy atom. The molecule has 23 heavy (non-hydrogen) atoms. The number of nitrogens with zero attached hydrogens (tertiary/aromatic N) is 2. The third-order valence-corrected chi connectivity index (χ3v) is 6.23. The fourth-order valence-corrected chi connectivity index (χ4v) is 4.35. The van der Waals surface area contributed by atoms with E-state index in [0.717, 1.165) is 52.0 Å². The maximum atomic E-state index is 12.4. The molecule has 2 heterocycles. The number of hydrogen-bond acceptors (Lipinski definition) is 4. The van der Waals surface area contributed by atoms with Gasteiger partial charge in [0.1, 0.15) is 0 Å². The van der Waals surface area contributed by atoms with Gasteiger partial charge >= 0.3 is 0 Å². The van der Waals surface area contributed by atoms with Gasteiger partial charge in [0.2, 0.25) is 5.91 Å². The minimum absolute atomic E-state index is 0.00930. The standard InChI is InChI=1S/C18H29N3OS/c1-15(18(22)19-16-5-2-3-6-16)21-12-10-20(11-13-21)9-8-17-7-4-14-23-17/h4,7,14-16H,2-3,5-6,8-13H2,1H3,(H,19,22). The van der Waals surface area contributed by atoms with Crippen molar-refractivity contribution in [2.75, 3.05) is 32.7 Å². The van der Waals surface area contributed by atoms with Gasteiger partial charge in [-0.25, -0.2) is 0 Å². The monoisotopic (exact) mass is 335 g/mol. The summed E-state index contributed by atoms with van der Waals surface area (Å²) in [5, 5.41) is 5.39. The molecule has 0 radical (unpaired) electrons. The quantitative estimate of drug-likeness (QED) is 0.867. The van der Waals surface area contributed by atoms with Crippen molar-refractivity contribution in [3.8, 4) is 0 Å². The van der Waals surface area contributed by atoms with Crippen molar-refractivity contribution in [2.45, 2.75) is 51.1 Å². The number of amides is 1. The Morgan fingerprint density at radius 2 is 2.04 bits per heavy atom. The van der Waals surface area contributed by atoms with E-state index in [4.69, 9.17) is 0 Å². The van der Waals surface area contributed by atoms with Crippen LogP contribution in [0.1, 0.15) is 37.5 Å². The van der Waals surface area contributed by atoms with Gasteiger partial charge in [0, 0.05) is 43.6 Å². The van der Waals surface area contributed by atoms with Crippen LogP contribution < -0.4 is 5.32 Å². The molecule has 0 spiro atoms. The number of nitrogens with one attached hydrogen (secondary N) is 1. The fourth-order valence-electron chi connectivity index (χ4n) is 3.66. The summed E-state index contributed by atoms with van der Waals surface area (Å²) in [5.41, 5.74) is 0. The highest BCUT2D eigenvalue weighted by Crippen LogP contribution is 2.18. The molecule has 1 N–H and O–H groups in total. The smallest absolute Gasteiger partial charge is 0.237 e. The summed E-state index contributed by atoms with van der Waals surface area (Å²) in [5.74, 6) is 0.226. The average molecular weight is 336 g/mol. The van der Waals surface area contributed by atoms with E-state index < -0.39 is 0 Å². The van der Waals surface area contributed by atoms with Crippen molar-refractivity contribution in [1.82, 2.24) is 15.1 Å². The molecule has 0 aromatic carbocycles. The minimum Gasteiger partial charge on any atom is -0.352 e. The zero-order chi connectivity index (χ0) is 16.1. The number of rotatable bonds is 6. The predicted octanol–water partition coefficient (Wildman–Crippen LogP) is 2.36. The SMILES string of the molecule is CC(C(=O)NC1CCCC1)N1CCN(CCc2cccs2)CC1. The summed E-state index contributed by atoms with van der Waals surface area (Å²) in [6, 6.07) is 4.78. The Labute approximate surface area is 143 Å². The van der Waals surface area contributed by atoms with E-state index in [-0.39, 0.29) is 11.9 Å². The highest BCUT2D eigenvalue weighted by molar-refractivity contribution is 7.09. The predicted molar refractivity (Wildman–Crippen MR) is 95.9 cm³/mol. The van der Waals surface area contributed by atoms with Gasteiger partial charge in [0.15, 0.2) is 0 Å². The molecule has 1 aliphatic heterocycles. The van der Waals surface area contributed by atoms with E-state index in [9.17, 15) is 4.79 Å². The van der Waals surface area contributed by atoms with Gasteiger partial charge in [-0.2, -0.15) is 0 Å². The lowest BCUT2D eigenvalue weighted by Gasteiger charge is -2.37. The second kappa shape index (κ2) is 8.27. The van der Waals surface area contributed by atoms with Crippen LogP contribution in [0.15, 0.2) is 17.5 Å². The molecule has 1 aliphatic carbocycles. The molecule has 128 valence electrons. The van der Waals surface area contributed by atoms with Crippen LogP contribution >= 0.6 is 11.3 Å². The molecule has 1 unspecified atom stereocenters. The highest BCUT2D eigenvalue weighted by Gasteiger charge is 2.27. The van der Waals surface area contributed by atoms with E-state index in [1.54, 1.807) is 0 Å². The molecule has 1 aromatic rings. The molecule has 2 fully saturated rings. The van der Waals surface area contributed by atoms with Gasteiger partial charge < -0.3 is 10.2 Å². The van der Waals surface area contributed by atoms with Gasteiger partial charge in [-0.3, -0.25) is 9.69 Å². The van der Waals surface area contributed by atoms with Gasteiger partial charge in [0.05, 0.1) is 6.04 Å². The van der Waals surface area contributed by atoms with Crippen LogP contribution in [0.2, 0.25) is 0 Å². The third-order valence-electron chi connectivity index (χ3n) is 5.29. The molecule has 0 bridgehead atoms. The first kappa shape index (κ1) is 16.9. The zero-order valence-corrected chi connectivity index (χ0v) is 15.0. The first-order valence-corrected chi connectivity index (χ1v) is 9.89. The molecule has 1 atom stereocenters. The number of hydrogen-bond donors (Lipinski definition) is 1. The number of carbonyl (C=O) groups is 1. The topological polar surface area (TPSA) is 35.6 Å². The van der Waals surface area contributed by atoms with Crippen molar-refractivity contribution in [3.63, 3.8) is 0 Å². The van der Waals surface area contributed by atoms with Crippen molar-refractivity contribution in [2.24, 2.45) is 0 Å². The minimum atomic E-state index is 0.00930. The lowest BCUT2D eigenvalue weighted by atomic mass is 10.2. The molecule has 1 amide bonds. The van der Waals surface area contributed by atoms with Gasteiger partial charge in [0.25, 0.3) is 0 Å². The lowest BCUT2D eigenvalue weighted by Crippen LogP contribution is -2.54. The third kappa shape index (κ3) is 4.78. The van der Waals surface area contributed by atoms with Crippen LogP contribution in [0.5, 0.6) is 0 Å². The number of thiophene rings is 1. The molecule has 1 saturated heterocycles. The average Bonchev–Trinajstić information content (AvgIpc) is 3.26. The first-order valence-electron chi connectivity index (χ1n) is 9.01. The molecule has 5 heteroatoms. The van der Waals surface area contributed by atoms with E-state index >= 15 is 0 Å². The molecular formula is C18H29N3OS. The molecular weight excluding hydrogens is 306 g/mol. The summed E-state index contributed by atoms with van der Waals surface area (Å²) >= 11 is 1.85. The van der Waals surface area contributed by atoms with Gasteiger partial charge in [-0.1, -0.05) is 18.9 Å². The van der Waals surface area contributed by atoms with Crippen molar-refractivity contribution in [3.05, 3.63) is 22.4 Å². The second-order valence-electron chi connectivity index (χ2n) is 6.87. The van der Waals surface area contributed by atoms with Gasteiger partial charge in [-0.05, 0) is 37.6 Å². The summed E-state index contributed by atoms with van der Waals surface area (Å²) < 4.78 is 0. The summed E-state index contributed by atoms with van der Waals surface area (Å²) in [7, 11) is 0. The fraction of sp³-hybridized carbons (Fsp3) is 0.722. The van der Waals surface area contributed by atoms with Crippen LogP contribution in [0.25, 0.3) is 0 Å². The maximum absolute atomic E-state index is 12.4. The second-order valence-corrected chi connectivity index (χ2v) is 7.91. The zero-order valence-electron chi connectivity index (χ0n) is 14.2. The van der Waals surface area contributed by atoms with E-state index in [2.05, 4.69) is 39.6 Å². The van der Waals surface area contributed by atoms with Crippen LogP contribution in [-0.4, -0.2) is 60.5 Å². The Morgan fingerprint density at radius 1 is 1.30 bits per heavy atom. The van der Waals surface area contributed by atoms with Crippen LogP contribution in [0, 0.1) is 0 Å². The van der Waals surface area contributed by atoms with Gasteiger partial charge in [-0.15, -0.1) is 11.3 Å². The van der Waals surface area contributed by atoms with Crippen molar-refractivity contribution >= 4 is 17.2 Å². The van der Waals surface area contributed by atoms with Crippen molar-refractivity contribution < 1.29 is 4.79 Å². The first-order chi connectivity index (χ1) is 11.2. The summed E-state index contributed by atoms with van der Waals surface area (Å²) in [6.45, 7) is 7.36. The normalized spacial score (nSPS) is 22.3. The summed E-state index contributed by atoms with van der Waals surface area (Å²) in [4.78, 5) is 18.7. The van der Waals surface area contributed by atoms with Crippen LogP contribution in [-0.2, 0) is 11.2 Å². The van der Waals surface area contributed by atoms with Crippen molar-refractivity contribution in [1.29, 1.82) is 0 Å². The summed E-state index contributed by atoms with van der Waals surface area (Å²) in [6.07, 6.45) is 6.00. The Kier molecular flexibility index (Phi) is 6.08. The Hall–Kier alpha value is -0.910. The Balaban J connectivity index is 1.38. The van der Waals surface area contributed by atoms with E-state index in [1.807, 2.05) is 11.3 Å². The van der Waals surface area contributed by atoms with Crippen LogP contribution in [0.4, 0.5) is 0 Å². The number of carbonyl (C=O) groups excluding carboxylic acids is 1. The number of piperazine rings is 1. The lowest BCUT2D eigenvalue weighted by molar-refractivity contribution is -0.127. The highest BCUT2D eigenvalue weighted by atomic mass is 32.1. The maximum Gasteiger partial charge on any atom is 0.237 e.